The van der Waals surface area contributed by atoms with Gasteiger partial charge in [-0.1, -0.05) is 36.9 Å². The molecule has 0 radical (unpaired) electrons. The van der Waals surface area contributed by atoms with E-state index in [1.807, 2.05) is 42.1 Å². The van der Waals surface area contributed by atoms with Crippen LogP contribution in [0.25, 0.3) is 17.3 Å². The maximum absolute atomic E-state index is 5.50. The van der Waals surface area contributed by atoms with Crippen LogP contribution in [0.5, 0.6) is 0 Å². The van der Waals surface area contributed by atoms with Crippen LogP contribution in [0.3, 0.4) is 0 Å². The third kappa shape index (κ3) is 3.39. The molecule has 0 aliphatic rings. The minimum atomic E-state index is 0.728. The molecular formula is C16H17N3OS2. The second kappa shape index (κ2) is 7.56. The zero-order valence-electron chi connectivity index (χ0n) is 12.3. The Labute approximate surface area is 138 Å². The summed E-state index contributed by atoms with van der Waals surface area (Å²) in [7, 11) is 0. The molecule has 114 valence electrons. The van der Waals surface area contributed by atoms with Gasteiger partial charge in [-0.15, -0.1) is 10.2 Å². The number of nitrogens with zero attached hydrogens (tertiary/aromatic N) is 3. The molecule has 2 aromatic heterocycles. The number of hydrogen-bond donors (Lipinski definition) is 0. The molecule has 0 atom stereocenters. The Kier molecular flexibility index (Phi) is 5.24. The monoisotopic (exact) mass is 331 g/mol. The molecule has 0 N–H and O–H groups in total. The van der Waals surface area contributed by atoms with Gasteiger partial charge in [0, 0.05) is 17.2 Å². The van der Waals surface area contributed by atoms with Gasteiger partial charge in [0.15, 0.2) is 10.9 Å². The molecule has 22 heavy (non-hydrogen) atoms. The number of benzene rings is 1. The first-order valence-corrected chi connectivity index (χ1v) is 9.29. The van der Waals surface area contributed by atoms with E-state index in [1.165, 1.54) is 0 Å². The fraction of sp³-hybridized carbons (Fsp3) is 0.250. The summed E-state index contributed by atoms with van der Waals surface area (Å²) in [6.45, 7) is 2.18. The van der Waals surface area contributed by atoms with Crippen molar-refractivity contribution >= 4 is 23.5 Å². The quantitative estimate of drug-likeness (QED) is 0.475. The first kappa shape index (κ1) is 15.2. The highest BCUT2D eigenvalue weighted by Gasteiger charge is 2.17. The van der Waals surface area contributed by atoms with E-state index in [9.17, 15) is 0 Å². The van der Waals surface area contributed by atoms with Crippen molar-refractivity contribution in [3.63, 3.8) is 0 Å². The van der Waals surface area contributed by atoms with Gasteiger partial charge in [-0.2, -0.15) is 11.8 Å². The SMILES string of the molecule is CCSCCSc1nnc(-c2ccco2)n1-c1ccccc1. The molecule has 3 aromatic rings. The lowest BCUT2D eigenvalue weighted by Gasteiger charge is -2.08. The molecule has 0 saturated carbocycles. The Morgan fingerprint density at radius 2 is 1.91 bits per heavy atom. The lowest BCUT2D eigenvalue weighted by Crippen LogP contribution is -1.99. The van der Waals surface area contributed by atoms with Crippen molar-refractivity contribution in [1.29, 1.82) is 0 Å². The molecule has 3 rings (SSSR count). The Morgan fingerprint density at radius 3 is 2.64 bits per heavy atom. The third-order valence-electron chi connectivity index (χ3n) is 3.05. The van der Waals surface area contributed by atoms with Gasteiger partial charge < -0.3 is 4.42 Å². The minimum absolute atomic E-state index is 0.728. The fourth-order valence-electron chi connectivity index (χ4n) is 2.07. The van der Waals surface area contributed by atoms with Gasteiger partial charge in [0.1, 0.15) is 0 Å². The molecule has 0 aliphatic heterocycles. The topological polar surface area (TPSA) is 43.9 Å². The van der Waals surface area contributed by atoms with Crippen LogP contribution in [0.1, 0.15) is 6.92 Å². The van der Waals surface area contributed by atoms with Crippen molar-refractivity contribution in [1.82, 2.24) is 14.8 Å². The second-order valence-electron chi connectivity index (χ2n) is 4.50. The maximum Gasteiger partial charge on any atom is 0.205 e. The molecular weight excluding hydrogens is 314 g/mol. The first-order chi connectivity index (χ1) is 10.9. The van der Waals surface area contributed by atoms with Crippen LogP contribution in [0.2, 0.25) is 0 Å². The minimum Gasteiger partial charge on any atom is -0.461 e. The Bertz CT molecular complexity index is 696. The normalized spacial score (nSPS) is 11.0. The average molecular weight is 331 g/mol. The van der Waals surface area contributed by atoms with Crippen LogP contribution in [-0.4, -0.2) is 32.0 Å². The van der Waals surface area contributed by atoms with Crippen LogP contribution in [0.4, 0.5) is 0 Å². The molecule has 0 unspecified atom stereocenters. The summed E-state index contributed by atoms with van der Waals surface area (Å²) < 4.78 is 7.56. The summed E-state index contributed by atoms with van der Waals surface area (Å²) in [4.78, 5) is 0. The summed E-state index contributed by atoms with van der Waals surface area (Å²) >= 11 is 3.66. The molecule has 1 aromatic carbocycles. The molecule has 2 heterocycles. The number of thioether (sulfide) groups is 2. The number of aromatic nitrogens is 3. The Morgan fingerprint density at radius 1 is 1.05 bits per heavy atom. The lowest BCUT2D eigenvalue weighted by atomic mass is 10.3. The van der Waals surface area contributed by atoms with E-state index in [2.05, 4.69) is 33.8 Å². The lowest BCUT2D eigenvalue weighted by molar-refractivity contribution is 0.575. The van der Waals surface area contributed by atoms with Crippen LogP contribution < -0.4 is 0 Å². The second-order valence-corrected chi connectivity index (χ2v) is 6.96. The molecule has 6 heteroatoms. The van der Waals surface area contributed by atoms with E-state index in [4.69, 9.17) is 4.42 Å². The highest BCUT2D eigenvalue weighted by Crippen LogP contribution is 2.28. The van der Waals surface area contributed by atoms with E-state index in [0.717, 1.165) is 39.7 Å². The van der Waals surface area contributed by atoms with Crippen LogP contribution in [0, 0.1) is 0 Å². The van der Waals surface area contributed by atoms with Gasteiger partial charge in [-0.05, 0) is 30.0 Å². The largest absolute Gasteiger partial charge is 0.461 e. The molecule has 0 bridgehead atoms. The number of para-hydroxylation sites is 1. The standard InChI is InChI=1S/C16H17N3OS2/c1-2-21-11-12-22-16-18-17-15(14-9-6-10-20-14)19(16)13-7-4-3-5-8-13/h3-10H,2,11-12H2,1H3. The Hall–Kier alpha value is -1.66. The number of furan rings is 1. The summed E-state index contributed by atoms with van der Waals surface area (Å²) in [6.07, 6.45) is 1.66. The smallest absolute Gasteiger partial charge is 0.205 e. The van der Waals surface area contributed by atoms with Crippen molar-refractivity contribution in [2.45, 2.75) is 12.1 Å². The van der Waals surface area contributed by atoms with Crippen molar-refractivity contribution in [2.24, 2.45) is 0 Å². The van der Waals surface area contributed by atoms with Crippen molar-refractivity contribution in [3.8, 4) is 17.3 Å². The van der Waals surface area contributed by atoms with Crippen LogP contribution in [-0.2, 0) is 0 Å². The van der Waals surface area contributed by atoms with Gasteiger partial charge in [-0.3, -0.25) is 4.57 Å². The predicted octanol–water partition coefficient (Wildman–Crippen LogP) is 4.37. The zero-order chi connectivity index (χ0) is 15.2. The van der Waals surface area contributed by atoms with Crippen molar-refractivity contribution in [3.05, 3.63) is 48.7 Å². The van der Waals surface area contributed by atoms with E-state index < -0.39 is 0 Å². The van der Waals surface area contributed by atoms with E-state index >= 15 is 0 Å². The van der Waals surface area contributed by atoms with Gasteiger partial charge in [0.25, 0.3) is 0 Å². The molecule has 0 saturated heterocycles. The summed E-state index contributed by atoms with van der Waals surface area (Å²) in [6, 6.07) is 13.9. The van der Waals surface area contributed by atoms with Crippen LogP contribution >= 0.6 is 23.5 Å². The number of hydrogen-bond acceptors (Lipinski definition) is 5. The van der Waals surface area contributed by atoms with Gasteiger partial charge >= 0.3 is 0 Å². The van der Waals surface area contributed by atoms with E-state index in [1.54, 1.807) is 18.0 Å². The molecule has 0 spiro atoms. The summed E-state index contributed by atoms with van der Waals surface area (Å²) in [5, 5.41) is 9.58. The molecule has 4 nitrogen and oxygen atoms in total. The van der Waals surface area contributed by atoms with Gasteiger partial charge in [0.05, 0.1) is 6.26 Å². The molecule has 0 fully saturated rings. The predicted molar refractivity (Wildman–Crippen MR) is 92.8 cm³/mol. The highest BCUT2D eigenvalue weighted by atomic mass is 32.2. The fourth-order valence-corrected chi connectivity index (χ4v) is 3.77. The summed E-state index contributed by atoms with van der Waals surface area (Å²) in [5.74, 6) is 4.73. The maximum atomic E-state index is 5.50. The third-order valence-corrected chi connectivity index (χ3v) is 5.14. The van der Waals surface area contributed by atoms with Gasteiger partial charge in [0.2, 0.25) is 5.82 Å². The Balaban J connectivity index is 1.93. The first-order valence-electron chi connectivity index (χ1n) is 7.15. The van der Waals surface area contributed by atoms with E-state index in [-0.39, 0.29) is 0 Å². The zero-order valence-corrected chi connectivity index (χ0v) is 13.9. The molecule has 0 amide bonds. The van der Waals surface area contributed by atoms with E-state index in [0.29, 0.717) is 0 Å². The summed E-state index contributed by atoms with van der Waals surface area (Å²) in [5.41, 5.74) is 1.05. The highest BCUT2D eigenvalue weighted by molar-refractivity contribution is 8.02. The molecule has 0 aliphatic carbocycles. The number of rotatable bonds is 7. The van der Waals surface area contributed by atoms with Crippen molar-refractivity contribution < 1.29 is 4.42 Å². The van der Waals surface area contributed by atoms with Crippen molar-refractivity contribution in [2.75, 3.05) is 17.3 Å². The average Bonchev–Trinajstić information content (AvgIpc) is 3.21. The van der Waals surface area contributed by atoms with Gasteiger partial charge in [-0.25, -0.2) is 0 Å². The van der Waals surface area contributed by atoms with Crippen LogP contribution in [0.15, 0.2) is 58.3 Å².